The summed E-state index contributed by atoms with van der Waals surface area (Å²) in [4.78, 5) is 25.3. The molecular formula is C13H23NO4. The van der Waals surface area contributed by atoms with Gasteiger partial charge < -0.3 is 14.4 Å². The zero-order chi connectivity index (χ0) is 14.3. The van der Waals surface area contributed by atoms with Crippen molar-refractivity contribution in [2.24, 2.45) is 5.92 Å². The fraction of sp³-hybridized carbons (Fsp3) is 0.692. The summed E-state index contributed by atoms with van der Waals surface area (Å²) in [6, 6.07) is 0.168. The lowest BCUT2D eigenvalue weighted by Crippen LogP contribution is -2.30. The summed E-state index contributed by atoms with van der Waals surface area (Å²) < 4.78 is 9.28. The number of esters is 2. The van der Waals surface area contributed by atoms with Gasteiger partial charge in [0.25, 0.3) is 0 Å². The van der Waals surface area contributed by atoms with Crippen LogP contribution in [0.25, 0.3) is 0 Å². The van der Waals surface area contributed by atoms with Gasteiger partial charge in [-0.2, -0.15) is 0 Å². The molecule has 0 aliphatic rings. The van der Waals surface area contributed by atoms with E-state index in [2.05, 4.69) is 9.47 Å². The molecule has 5 heteroatoms. The second-order valence-corrected chi connectivity index (χ2v) is 4.33. The molecule has 0 aliphatic heterocycles. The summed E-state index contributed by atoms with van der Waals surface area (Å²) in [5, 5.41) is 0. The van der Waals surface area contributed by atoms with Crippen molar-refractivity contribution in [1.82, 2.24) is 4.90 Å². The summed E-state index contributed by atoms with van der Waals surface area (Å²) in [5.74, 6) is -2.16. The molecule has 0 aromatic heterocycles. The third-order valence-corrected chi connectivity index (χ3v) is 2.87. The number of rotatable bonds is 6. The number of hydrogen-bond acceptors (Lipinski definition) is 5. The summed E-state index contributed by atoms with van der Waals surface area (Å²) in [6.07, 6.45) is 2.79. The highest BCUT2D eigenvalue weighted by Gasteiger charge is 2.30. The molecule has 1 unspecified atom stereocenters. The van der Waals surface area contributed by atoms with Crippen LogP contribution in [0.5, 0.6) is 0 Å². The third kappa shape index (κ3) is 4.49. The topological polar surface area (TPSA) is 55.8 Å². The lowest BCUT2D eigenvalue weighted by atomic mass is 9.97. The molecule has 0 bridgehead atoms. The second-order valence-electron chi connectivity index (χ2n) is 4.33. The van der Waals surface area contributed by atoms with E-state index in [4.69, 9.17) is 0 Å². The van der Waals surface area contributed by atoms with Gasteiger partial charge in [-0.1, -0.05) is 18.6 Å². The van der Waals surface area contributed by atoms with Crippen LogP contribution in [0.15, 0.2) is 11.6 Å². The molecule has 0 aromatic rings. The van der Waals surface area contributed by atoms with E-state index in [0.29, 0.717) is 5.57 Å². The van der Waals surface area contributed by atoms with Crippen LogP contribution >= 0.6 is 0 Å². The Morgan fingerprint density at radius 2 is 1.61 bits per heavy atom. The number of ether oxygens (including phenoxy) is 2. The lowest BCUT2D eigenvalue weighted by Gasteiger charge is -2.21. The molecule has 0 N–H and O–H groups in total. The lowest BCUT2D eigenvalue weighted by molar-refractivity contribution is -0.156. The molecule has 0 fully saturated rings. The maximum absolute atomic E-state index is 11.6. The molecule has 0 saturated heterocycles. The quantitative estimate of drug-likeness (QED) is 0.407. The van der Waals surface area contributed by atoms with Crippen LogP contribution < -0.4 is 0 Å². The molecule has 0 aliphatic carbocycles. The largest absolute Gasteiger partial charge is 0.468 e. The molecule has 0 heterocycles. The van der Waals surface area contributed by atoms with Gasteiger partial charge in [0.15, 0.2) is 5.92 Å². The average Bonchev–Trinajstić information content (AvgIpc) is 2.34. The highest BCUT2D eigenvalue weighted by atomic mass is 16.5. The SMILES string of the molecule is CCC(/C=C(\C)C(C(=O)OC)C(=O)OC)N(C)C. The van der Waals surface area contributed by atoms with Crippen molar-refractivity contribution in [3.8, 4) is 0 Å². The van der Waals surface area contributed by atoms with Gasteiger partial charge in [0, 0.05) is 6.04 Å². The van der Waals surface area contributed by atoms with Gasteiger partial charge in [-0.05, 0) is 27.4 Å². The van der Waals surface area contributed by atoms with E-state index in [1.165, 1.54) is 14.2 Å². The van der Waals surface area contributed by atoms with E-state index >= 15 is 0 Å². The Bertz CT molecular complexity index is 307. The molecule has 0 spiro atoms. The fourth-order valence-electron chi connectivity index (χ4n) is 1.74. The normalized spacial score (nSPS) is 13.7. The standard InChI is InChI=1S/C13H23NO4/c1-7-10(14(3)4)8-9(2)11(12(15)17-5)13(16)18-6/h8,10-11H,7H2,1-6H3/b9-8+. The van der Waals surface area contributed by atoms with Gasteiger partial charge in [0.2, 0.25) is 0 Å². The Kier molecular flexibility index (Phi) is 7.27. The van der Waals surface area contributed by atoms with E-state index in [9.17, 15) is 9.59 Å². The molecule has 18 heavy (non-hydrogen) atoms. The highest BCUT2D eigenvalue weighted by molar-refractivity contribution is 5.98. The number of likely N-dealkylation sites (N-methyl/N-ethyl adjacent to an activating group) is 1. The van der Waals surface area contributed by atoms with Crippen LogP contribution in [0, 0.1) is 5.92 Å². The average molecular weight is 257 g/mol. The predicted molar refractivity (Wildman–Crippen MR) is 69.0 cm³/mol. The Labute approximate surface area is 109 Å². The van der Waals surface area contributed by atoms with Crippen LogP contribution in [-0.4, -0.2) is 51.2 Å². The van der Waals surface area contributed by atoms with E-state index < -0.39 is 17.9 Å². The van der Waals surface area contributed by atoms with Crippen LogP contribution in [0.1, 0.15) is 20.3 Å². The molecule has 5 nitrogen and oxygen atoms in total. The number of methoxy groups -OCH3 is 2. The first-order chi connectivity index (χ1) is 8.38. The van der Waals surface area contributed by atoms with Crippen molar-refractivity contribution in [2.45, 2.75) is 26.3 Å². The van der Waals surface area contributed by atoms with E-state index in [-0.39, 0.29) is 6.04 Å². The third-order valence-electron chi connectivity index (χ3n) is 2.87. The zero-order valence-electron chi connectivity index (χ0n) is 12.0. The summed E-state index contributed by atoms with van der Waals surface area (Å²) in [7, 11) is 6.41. The van der Waals surface area contributed by atoms with Crippen LogP contribution in [-0.2, 0) is 19.1 Å². The Hall–Kier alpha value is -1.36. The van der Waals surface area contributed by atoms with Crippen LogP contribution in [0.2, 0.25) is 0 Å². The Balaban J connectivity index is 5.17. The monoisotopic (exact) mass is 257 g/mol. The molecule has 104 valence electrons. The maximum Gasteiger partial charge on any atom is 0.324 e. The van der Waals surface area contributed by atoms with Gasteiger partial charge in [-0.25, -0.2) is 0 Å². The van der Waals surface area contributed by atoms with E-state index in [1.807, 2.05) is 32.0 Å². The molecule has 0 radical (unpaired) electrons. The molecule has 0 amide bonds. The first kappa shape index (κ1) is 16.6. The first-order valence-electron chi connectivity index (χ1n) is 5.89. The summed E-state index contributed by atoms with van der Waals surface area (Å²) in [5.41, 5.74) is 0.647. The summed E-state index contributed by atoms with van der Waals surface area (Å²) in [6.45, 7) is 3.78. The zero-order valence-corrected chi connectivity index (χ0v) is 12.0. The van der Waals surface area contributed by atoms with Crippen molar-refractivity contribution in [2.75, 3.05) is 28.3 Å². The van der Waals surface area contributed by atoms with Crippen molar-refractivity contribution >= 4 is 11.9 Å². The van der Waals surface area contributed by atoms with Gasteiger partial charge >= 0.3 is 11.9 Å². The predicted octanol–water partition coefficient (Wildman–Crippen LogP) is 1.24. The number of nitrogens with zero attached hydrogens (tertiary/aromatic N) is 1. The smallest absolute Gasteiger partial charge is 0.324 e. The van der Waals surface area contributed by atoms with Crippen molar-refractivity contribution < 1.29 is 19.1 Å². The van der Waals surface area contributed by atoms with Crippen LogP contribution in [0.3, 0.4) is 0 Å². The van der Waals surface area contributed by atoms with E-state index in [1.54, 1.807) is 6.92 Å². The highest BCUT2D eigenvalue weighted by Crippen LogP contribution is 2.17. The molecule has 0 rings (SSSR count). The molecule has 0 aromatic carbocycles. The van der Waals surface area contributed by atoms with Crippen molar-refractivity contribution in [1.29, 1.82) is 0 Å². The number of hydrogen-bond donors (Lipinski definition) is 0. The van der Waals surface area contributed by atoms with Crippen molar-refractivity contribution in [3.05, 3.63) is 11.6 Å². The summed E-state index contributed by atoms with van der Waals surface area (Å²) >= 11 is 0. The molecular weight excluding hydrogens is 234 g/mol. The Morgan fingerprint density at radius 3 is 1.89 bits per heavy atom. The van der Waals surface area contributed by atoms with Gasteiger partial charge in [-0.3, -0.25) is 9.59 Å². The minimum atomic E-state index is -0.978. The van der Waals surface area contributed by atoms with E-state index in [0.717, 1.165) is 6.42 Å². The van der Waals surface area contributed by atoms with Gasteiger partial charge in [0.1, 0.15) is 0 Å². The number of carbonyl (C=O) groups is 2. The second kappa shape index (κ2) is 7.87. The van der Waals surface area contributed by atoms with Crippen LogP contribution in [0.4, 0.5) is 0 Å². The molecule has 0 saturated carbocycles. The minimum absolute atomic E-state index is 0.168. The van der Waals surface area contributed by atoms with Gasteiger partial charge in [0.05, 0.1) is 14.2 Å². The van der Waals surface area contributed by atoms with Gasteiger partial charge in [-0.15, -0.1) is 0 Å². The first-order valence-corrected chi connectivity index (χ1v) is 5.89. The van der Waals surface area contributed by atoms with Crippen molar-refractivity contribution in [3.63, 3.8) is 0 Å². The molecule has 1 atom stereocenters. The minimum Gasteiger partial charge on any atom is -0.468 e. The maximum atomic E-state index is 11.6. The number of carbonyl (C=O) groups excluding carboxylic acids is 2. The fourth-order valence-corrected chi connectivity index (χ4v) is 1.74. The Morgan fingerprint density at radius 1 is 1.17 bits per heavy atom.